The number of para-hydroxylation sites is 1. The smallest absolute Gasteiger partial charge is 0.300 e. The van der Waals surface area contributed by atoms with Crippen LogP contribution in [0, 0.1) is 10.1 Å². The van der Waals surface area contributed by atoms with Gasteiger partial charge in [0, 0.05) is 11.8 Å². The van der Waals surface area contributed by atoms with Gasteiger partial charge in [-0.25, -0.2) is 0 Å². The predicted octanol–water partition coefficient (Wildman–Crippen LogP) is 3.12. The van der Waals surface area contributed by atoms with Gasteiger partial charge in [-0.2, -0.15) is 11.8 Å². The van der Waals surface area contributed by atoms with Crippen LogP contribution in [0.15, 0.2) is 18.2 Å². The van der Waals surface area contributed by atoms with Crippen LogP contribution in [-0.4, -0.2) is 28.9 Å². The molecule has 0 aromatic heterocycles. The van der Waals surface area contributed by atoms with E-state index in [1.165, 1.54) is 18.2 Å². The molecule has 1 aromatic carbocycles. The number of nitrogens with zero attached hydrogens (tertiary/aromatic N) is 1. The standard InChI is InChI=1S/C12H15ClN2O3S/c1-3-8(7-19-2)14-12(16)9-5-4-6-10(13)11(9)15(17)18/h4-6,8H,3,7H2,1-2H3,(H,14,16). The fraction of sp³-hybridized carbons (Fsp3) is 0.417. The van der Waals surface area contributed by atoms with Gasteiger partial charge in [0.15, 0.2) is 0 Å². The lowest BCUT2D eigenvalue weighted by Crippen LogP contribution is -2.36. The molecule has 0 aliphatic carbocycles. The molecule has 7 heteroatoms. The first kappa shape index (κ1) is 15.8. The van der Waals surface area contributed by atoms with Crippen LogP contribution >= 0.6 is 23.4 Å². The van der Waals surface area contributed by atoms with Crippen molar-refractivity contribution >= 4 is 35.0 Å². The first-order valence-electron chi connectivity index (χ1n) is 5.74. The Hall–Kier alpha value is -1.27. The Morgan fingerprint density at radius 2 is 2.26 bits per heavy atom. The van der Waals surface area contributed by atoms with Gasteiger partial charge in [0.1, 0.15) is 10.6 Å². The Labute approximate surface area is 120 Å². The first-order chi connectivity index (χ1) is 9.01. The minimum absolute atomic E-state index is 0.00273. The largest absolute Gasteiger partial charge is 0.348 e. The van der Waals surface area contributed by atoms with Gasteiger partial charge in [-0.15, -0.1) is 0 Å². The van der Waals surface area contributed by atoms with Crippen molar-refractivity contribution in [3.63, 3.8) is 0 Å². The molecule has 1 aromatic rings. The van der Waals surface area contributed by atoms with Gasteiger partial charge in [0.05, 0.1) is 4.92 Å². The Morgan fingerprint density at radius 3 is 2.79 bits per heavy atom. The second kappa shape index (κ2) is 7.35. The van der Waals surface area contributed by atoms with Crippen molar-refractivity contribution in [3.05, 3.63) is 38.9 Å². The Balaban J connectivity index is 3.00. The number of carbonyl (C=O) groups is 1. The van der Waals surface area contributed by atoms with E-state index in [0.717, 1.165) is 12.2 Å². The summed E-state index contributed by atoms with van der Waals surface area (Å²) in [7, 11) is 0. The molecule has 1 atom stereocenters. The summed E-state index contributed by atoms with van der Waals surface area (Å²) in [5.74, 6) is 0.298. The van der Waals surface area contributed by atoms with E-state index < -0.39 is 10.8 Å². The number of hydrogen-bond acceptors (Lipinski definition) is 4. The Bertz CT molecular complexity index is 482. The number of nitrogens with one attached hydrogen (secondary N) is 1. The molecule has 0 aliphatic heterocycles. The molecular formula is C12H15ClN2O3S. The molecule has 0 heterocycles. The van der Waals surface area contributed by atoms with Crippen LogP contribution in [0.2, 0.25) is 5.02 Å². The fourth-order valence-corrected chi connectivity index (χ4v) is 2.57. The minimum atomic E-state index is -0.632. The summed E-state index contributed by atoms with van der Waals surface area (Å²) in [5, 5.41) is 13.7. The molecule has 104 valence electrons. The molecule has 0 fully saturated rings. The van der Waals surface area contributed by atoms with Crippen LogP contribution in [0.5, 0.6) is 0 Å². The first-order valence-corrected chi connectivity index (χ1v) is 7.51. The zero-order valence-electron chi connectivity index (χ0n) is 10.7. The molecule has 19 heavy (non-hydrogen) atoms. The number of benzene rings is 1. The number of hydrogen-bond donors (Lipinski definition) is 1. The highest BCUT2D eigenvalue weighted by molar-refractivity contribution is 7.98. The fourth-order valence-electron chi connectivity index (χ4n) is 1.61. The van der Waals surface area contributed by atoms with Gasteiger partial charge in [-0.05, 0) is 24.8 Å². The van der Waals surface area contributed by atoms with E-state index in [-0.39, 0.29) is 22.3 Å². The number of amides is 1. The van der Waals surface area contributed by atoms with E-state index in [2.05, 4.69) is 5.32 Å². The average molecular weight is 303 g/mol. The summed E-state index contributed by atoms with van der Waals surface area (Å²) in [4.78, 5) is 22.4. The summed E-state index contributed by atoms with van der Waals surface area (Å²) >= 11 is 7.38. The summed E-state index contributed by atoms with van der Waals surface area (Å²) in [6, 6.07) is 4.32. The van der Waals surface area contributed by atoms with E-state index in [1.807, 2.05) is 13.2 Å². The van der Waals surface area contributed by atoms with Gasteiger partial charge < -0.3 is 5.32 Å². The number of nitro groups is 1. The van der Waals surface area contributed by atoms with Crippen molar-refractivity contribution in [2.24, 2.45) is 0 Å². The number of rotatable bonds is 6. The highest BCUT2D eigenvalue weighted by Gasteiger charge is 2.24. The summed E-state index contributed by atoms with van der Waals surface area (Å²) < 4.78 is 0. The van der Waals surface area contributed by atoms with Gasteiger partial charge in [-0.3, -0.25) is 14.9 Å². The highest BCUT2D eigenvalue weighted by atomic mass is 35.5. The van der Waals surface area contributed by atoms with Crippen LogP contribution in [0.4, 0.5) is 5.69 Å². The van der Waals surface area contributed by atoms with Crippen molar-refractivity contribution in [3.8, 4) is 0 Å². The van der Waals surface area contributed by atoms with Gasteiger partial charge in [0.2, 0.25) is 0 Å². The van der Waals surface area contributed by atoms with Gasteiger partial charge in [0.25, 0.3) is 5.91 Å². The summed E-state index contributed by atoms with van der Waals surface area (Å²) in [5.41, 5.74) is -0.349. The van der Waals surface area contributed by atoms with E-state index in [1.54, 1.807) is 11.8 Å². The summed E-state index contributed by atoms with van der Waals surface area (Å²) in [6.07, 6.45) is 2.71. The van der Waals surface area contributed by atoms with Crippen molar-refractivity contribution in [2.75, 3.05) is 12.0 Å². The molecule has 0 radical (unpaired) electrons. The van der Waals surface area contributed by atoms with Crippen LogP contribution in [0.1, 0.15) is 23.7 Å². The van der Waals surface area contributed by atoms with E-state index in [0.29, 0.717) is 0 Å². The monoisotopic (exact) mass is 302 g/mol. The van der Waals surface area contributed by atoms with E-state index in [9.17, 15) is 14.9 Å². The maximum absolute atomic E-state index is 12.1. The van der Waals surface area contributed by atoms with Gasteiger partial charge in [-0.1, -0.05) is 24.6 Å². The third-order valence-electron chi connectivity index (χ3n) is 2.61. The van der Waals surface area contributed by atoms with Crippen molar-refractivity contribution in [1.29, 1.82) is 0 Å². The van der Waals surface area contributed by atoms with E-state index in [4.69, 9.17) is 11.6 Å². The zero-order chi connectivity index (χ0) is 14.4. The Kier molecular flexibility index (Phi) is 6.11. The zero-order valence-corrected chi connectivity index (χ0v) is 12.3. The van der Waals surface area contributed by atoms with Crippen molar-refractivity contribution < 1.29 is 9.72 Å². The molecule has 1 rings (SSSR count). The van der Waals surface area contributed by atoms with Crippen LogP contribution in [-0.2, 0) is 0 Å². The number of thioether (sulfide) groups is 1. The molecule has 0 saturated heterocycles. The lowest BCUT2D eigenvalue weighted by Gasteiger charge is -2.15. The van der Waals surface area contributed by atoms with Crippen molar-refractivity contribution in [1.82, 2.24) is 5.32 Å². The van der Waals surface area contributed by atoms with Crippen molar-refractivity contribution in [2.45, 2.75) is 19.4 Å². The normalized spacial score (nSPS) is 11.9. The molecule has 0 aliphatic rings. The third-order valence-corrected chi connectivity index (χ3v) is 3.65. The average Bonchev–Trinajstić information content (AvgIpc) is 2.37. The molecular weight excluding hydrogens is 288 g/mol. The maximum Gasteiger partial charge on any atom is 0.300 e. The van der Waals surface area contributed by atoms with Crippen LogP contribution in [0.25, 0.3) is 0 Å². The molecule has 1 amide bonds. The van der Waals surface area contributed by atoms with Crippen LogP contribution in [0.3, 0.4) is 0 Å². The third kappa shape index (κ3) is 4.11. The highest BCUT2D eigenvalue weighted by Crippen LogP contribution is 2.28. The lowest BCUT2D eigenvalue weighted by atomic mass is 10.1. The topological polar surface area (TPSA) is 72.2 Å². The lowest BCUT2D eigenvalue weighted by molar-refractivity contribution is -0.385. The molecule has 1 unspecified atom stereocenters. The maximum atomic E-state index is 12.1. The van der Waals surface area contributed by atoms with Crippen LogP contribution < -0.4 is 5.32 Å². The second-order valence-electron chi connectivity index (χ2n) is 3.93. The second-order valence-corrected chi connectivity index (χ2v) is 5.24. The van der Waals surface area contributed by atoms with Gasteiger partial charge >= 0.3 is 5.69 Å². The molecule has 0 spiro atoms. The predicted molar refractivity (Wildman–Crippen MR) is 78.0 cm³/mol. The number of carbonyl (C=O) groups excluding carboxylic acids is 1. The SMILES string of the molecule is CCC(CSC)NC(=O)c1cccc(Cl)c1[N+](=O)[O-]. The molecule has 5 nitrogen and oxygen atoms in total. The molecule has 0 saturated carbocycles. The minimum Gasteiger partial charge on any atom is -0.348 e. The number of halogens is 1. The molecule has 1 N–H and O–H groups in total. The quantitative estimate of drug-likeness (QED) is 0.647. The molecule has 0 bridgehead atoms. The Morgan fingerprint density at radius 1 is 1.58 bits per heavy atom. The van der Waals surface area contributed by atoms with E-state index >= 15 is 0 Å². The summed E-state index contributed by atoms with van der Waals surface area (Å²) in [6.45, 7) is 1.95. The number of nitro benzene ring substituents is 1.